The number of rotatable bonds is 2. The van der Waals surface area contributed by atoms with Crippen LogP contribution in [-0.2, 0) is 4.74 Å². The Morgan fingerprint density at radius 2 is 2.15 bits per heavy atom. The van der Waals surface area contributed by atoms with Crippen molar-refractivity contribution in [3.05, 3.63) is 48.2 Å². The van der Waals surface area contributed by atoms with Crippen LogP contribution in [0.2, 0.25) is 0 Å². The summed E-state index contributed by atoms with van der Waals surface area (Å²) in [5, 5.41) is 0.976. The van der Waals surface area contributed by atoms with Crippen molar-refractivity contribution in [3.8, 4) is 5.88 Å². The van der Waals surface area contributed by atoms with E-state index in [-0.39, 0.29) is 12.1 Å². The van der Waals surface area contributed by atoms with E-state index in [2.05, 4.69) is 14.9 Å². The van der Waals surface area contributed by atoms with Crippen molar-refractivity contribution in [1.29, 1.82) is 0 Å². The molecule has 1 saturated heterocycles. The van der Waals surface area contributed by atoms with Gasteiger partial charge in [-0.25, -0.2) is 0 Å². The zero-order valence-electron chi connectivity index (χ0n) is 14.0. The molecule has 0 saturated carbocycles. The smallest absolute Gasteiger partial charge is 0.250 e. The monoisotopic (exact) mass is 350 g/mol. The van der Waals surface area contributed by atoms with Crippen LogP contribution in [0.5, 0.6) is 5.88 Å². The van der Waals surface area contributed by atoms with Crippen LogP contribution in [-0.4, -0.2) is 41.2 Å². The van der Waals surface area contributed by atoms with Gasteiger partial charge in [0, 0.05) is 18.0 Å². The van der Waals surface area contributed by atoms with E-state index in [4.69, 9.17) is 15.2 Å². The molecule has 1 aromatic carbocycles. The van der Waals surface area contributed by atoms with E-state index in [1.54, 1.807) is 6.07 Å². The number of primary amides is 1. The van der Waals surface area contributed by atoms with Gasteiger partial charge in [-0.05, 0) is 24.3 Å². The van der Waals surface area contributed by atoms with Crippen LogP contribution >= 0.6 is 0 Å². The van der Waals surface area contributed by atoms with Crippen LogP contribution < -0.4 is 15.4 Å². The third-order valence-electron chi connectivity index (χ3n) is 5.03. The highest BCUT2D eigenvalue weighted by atomic mass is 16.5. The molecule has 3 aromatic rings. The summed E-state index contributed by atoms with van der Waals surface area (Å²) in [4.78, 5) is 21.9. The van der Waals surface area contributed by atoms with Crippen LogP contribution in [0, 0.1) is 0 Å². The van der Waals surface area contributed by atoms with Crippen molar-refractivity contribution in [2.75, 3.05) is 18.1 Å². The minimum absolute atomic E-state index is 0.0464. The van der Waals surface area contributed by atoms with E-state index in [1.165, 1.54) is 0 Å². The first-order valence-corrected chi connectivity index (χ1v) is 8.63. The summed E-state index contributed by atoms with van der Waals surface area (Å²) >= 11 is 0. The van der Waals surface area contributed by atoms with Gasteiger partial charge >= 0.3 is 0 Å². The molecule has 2 aromatic heterocycles. The highest BCUT2D eigenvalue weighted by Crippen LogP contribution is 2.44. The van der Waals surface area contributed by atoms with Crippen molar-refractivity contribution < 1.29 is 14.3 Å². The molecule has 0 spiro atoms. The van der Waals surface area contributed by atoms with E-state index < -0.39 is 5.91 Å². The predicted octanol–water partition coefficient (Wildman–Crippen LogP) is 2.35. The molecule has 7 nitrogen and oxygen atoms in total. The Balaban J connectivity index is 1.75. The molecule has 26 heavy (non-hydrogen) atoms. The van der Waals surface area contributed by atoms with Crippen LogP contribution in [0.25, 0.3) is 11.0 Å². The number of hydrogen-bond donors (Lipinski definition) is 2. The molecule has 1 fully saturated rings. The number of anilines is 2. The van der Waals surface area contributed by atoms with Crippen molar-refractivity contribution in [2.45, 2.75) is 18.6 Å². The molecule has 4 heterocycles. The molecule has 0 radical (unpaired) electrons. The van der Waals surface area contributed by atoms with Crippen molar-refractivity contribution in [2.24, 2.45) is 5.73 Å². The lowest BCUT2D eigenvalue weighted by molar-refractivity contribution is 0.000605. The Morgan fingerprint density at radius 3 is 3.04 bits per heavy atom. The number of nitrogens with one attached hydrogen (secondary N) is 1. The van der Waals surface area contributed by atoms with E-state index >= 15 is 0 Å². The van der Waals surface area contributed by atoms with Crippen LogP contribution in [0.1, 0.15) is 16.8 Å². The largest absolute Gasteiger partial charge is 0.470 e. The quantitative estimate of drug-likeness (QED) is 0.740. The molecule has 0 bridgehead atoms. The fourth-order valence-electron chi connectivity index (χ4n) is 3.82. The third kappa shape index (κ3) is 2.24. The second kappa shape index (κ2) is 5.74. The minimum atomic E-state index is -0.461. The van der Waals surface area contributed by atoms with Crippen molar-refractivity contribution in [1.82, 2.24) is 9.97 Å². The van der Waals surface area contributed by atoms with Crippen LogP contribution in [0.15, 0.2) is 42.6 Å². The summed E-state index contributed by atoms with van der Waals surface area (Å²) in [7, 11) is 0. The van der Waals surface area contributed by atoms with Gasteiger partial charge in [-0.15, -0.1) is 0 Å². The summed E-state index contributed by atoms with van der Waals surface area (Å²) in [6.45, 7) is 1.16. The fourth-order valence-corrected chi connectivity index (χ4v) is 3.82. The van der Waals surface area contributed by atoms with Gasteiger partial charge in [-0.1, -0.05) is 12.1 Å². The van der Waals surface area contributed by atoms with Gasteiger partial charge < -0.3 is 25.1 Å². The Bertz CT molecular complexity index is 999. The molecule has 7 heteroatoms. The van der Waals surface area contributed by atoms with E-state index in [9.17, 15) is 4.79 Å². The predicted molar refractivity (Wildman–Crippen MR) is 96.8 cm³/mol. The molecule has 2 atom stereocenters. The molecular formula is C19H18N4O3. The molecule has 5 rings (SSSR count). The lowest BCUT2D eigenvalue weighted by Crippen LogP contribution is -2.53. The van der Waals surface area contributed by atoms with E-state index in [0.29, 0.717) is 24.7 Å². The van der Waals surface area contributed by atoms with Gasteiger partial charge in [0.1, 0.15) is 17.4 Å². The Kier molecular flexibility index (Phi) is 3.36. The first kappa shape index (κ1) is 15.2. The zero-order chi connectivity index (χ0) is 17.7. The number of amides is 1. The number of nitrogens with zero attached hydrogens (tertiary/aromatic N) is 2. The molecule has 132 valence electrons. The van der Waals surface area contributed by atoms with Gasteiger partial charge in [0.05, 0.1) is 30.5 Å². The maximum absolute atomic E-state index is 12.0. The number of carbonyl (C=O) groups is 1. The number of aromatic amines is 1. The van der Waals surface area contributed by atoms with Crippen LogP contribution in [0.4, 0.5) is 11.4 Å². The molecule has 0 aliphatic carbocycles. The number of nitrogens with two attached hydrogens (primary N) is 1. The topological polar surface area (TPSA) is 93.5 Å². The maximum atomic E-state index is 12.0. The van der Waals surface area contributed by atoms with Gasteiger partial charge in [0.2, 0.25) is 5.88 Å². The summed E-state index contributed by atoms with van der Waals surface area (Å²) in [6, 6.07) is 11.3. The highest BCUT2D eigenvalue weighted by molar-refractivity contribution is 6.00. The van der Waals surface area contributed by atoms with Gasteiger partial charge in [-0.3, -0.25) is 4.79 Å². The number of para-hydroxylation sites is 1. The number of pyridine rings is 1. The summed E-state index contributed by atoms with van der Waals surface area (Å²) in [5.41, 5.74) is 8.45. The fraction of sp³-hybridized carbons (Fsp3) is 0.263. The van der Waals surface area contributed by atoms with E-state index in [0.717, 1.165) is 28.8 Å². The number of carbonyl (C=O) groups excluding carboxylic acids is 1. The second-order valence-electron chi connectivity index (χ2n) is 6.57. The number of ether oxygens (including phenoxy) is 2. The van der Waals surface area contributed by atoms with Gasteiger partial charge in [0.15, 0.2) is 0 Å². The number of hydrogen-bond acceptors (Lipinski definition) is 5. The standard InChI is InChI=1S/C19H18N4O3/c20-17(24)12-3-1-2-4-13(12)23-14-9-11-5-7-21-18(11)22-19(14)26-16-6-8-25-10-15(16)23/h1-5,7,9,15-16H,6,8,10H2,(H2,20,24)(H,21,22)/t15-,16-/m0/s1. The SMILES string of the molecule is NC(=O)c1ccccc1N1c2cc3cc[nH]c3nc2O[C@H]2CCOC[C@@H]21. The normalized spacial score (nSPS) is 21.8. The molecule has 2 aliphatic heterocycles. The Morgan fingerprint density at radius 1 is 1.27 bits per heavy atom. The van der Waals surface area contributed by atoms with Crippen LogP contribution in [0.3, 0.4) is 0 Å². The number of H-pyrrole nitrogens is 1. The average Bonchev–Trinajstić information content (AvgIpc) is 3.11. The minimum Gasteiger partial charge on any atom is -0.470 e. The first-order valence-electron chi connectivity index (χ1n) is 8.63. The summed E-state index contributed by atoms with van der Waals surface area (Å²) < 4.78 is 11.9. The lowest BCUT2D eigenvalue weighted by atomic mass is 9.99. The Labute approximate surface area is 149 Å². The van der Waals surface area contributed by atoms with E-state index in [1.807, 2.05) is 36.5 Å². The molecular weight excluding hydrogens is 332 g/mol. The highest BCUT2D eigenvalue weighted by Gasteiger charge is 2.41. The average molecular weight is 350 g/mol. The second-order valence-corrected chi connectivity index (χ2v) is 6.57. The van der Waals surface area contributed by atoms with Gasteiger partial charge in [0.25, 0.3) is 5.91 Å². The molecule has 3 N–H and O–H groups in total. The summed E-state index contributed by atoms with van der Waals surface area (Å²) in [5.74, 6) is 0.0972. The molecule has 2 aliphatic rings. The number of benzene rings is 1. The van der Waals surface area contributed by atoms with Crippen molar-refractivity contribution in [3.63, 3.8) is 0 Å². The Hall–Kier alpha value is -3.06. The number of fused-ring (bicyclic) bond motifs is 3. The number of aromatic nitrogens is 2. The summed E-state index contributed by atoms with van der Waals surface area (Å²) in [6.07, 6.45) is 2.56. The third-order valence-corrected chi connectivity index (χ3v) is 5.03. The lowest BCUT2D eigenvalue weighted by Gasteiger charge is -2.45. The van der Waals surface area contributed by atoms with Gasteiger partial charge in [-0.2, -0.15) is 4.98 Å². The molecule has 0 unspecified atom stereocenters. The maximum Gasteiger partial charge on any atom is 0.250 e. The zero-order valence-corrected chi connectivity index (χ0v) is 14.0. The first-order chi connectivity index (χ1) is 12.7. The van der Waals surface area contributed by atoms with Crippen molar-refractivity contribution >= 4 is 28.3 Å². The molecule has 1 amide bonds.